The second-order valence-corrected chi connectivity index (χ2v) is 5.81. The van der Waals surface area contributed by atoms with Crippen molar-refractivity contribution in [2.24, 2.45) is 0 Å². The Kier molecular flexibility index (Phi) is 4.61. The molecule has 0 saturated heterocycles. The van der Waals surface area contributed by atoms with E-state index in [0.29, 0.717) is 0 Å². The van der Waals surface area contributed by atoms with Crippen LogP contribution in [-0.2, 0) is 6.42 Å². The topological polar surface area (TPSA) is 9.23 Å². The summed E-state index contributed by atoms with van der Waals surface area (Å²) in [6, 6.07) is 17.9. The average Bonchev–Trinajstić information content (AvgIpc) is 2.59. The summed E-state index contributed by atoms with van der Waals surface area (Å²) in [7, 11) is 1.48. The largest absolute Gasteiger partial charge is 0.494 e. The number of unbranched alkanes of at least 4 members (excludes halogenated alkanes) is 1. The van der Waals surface area contributed by atoms with Crippen LogP contribution >= 0.6 is 0 Å². The maximum atomic E-state index is 14.0. The van der Waals surface area contributed by atoms with E-state index in [4.69, 9.17) is 4.74 Å². The Morgan fingerprint density at radius 1 is 1.00 bits per heavy atom. The minimum Gasteiger partial charge on any atom is -0.494 e. The molecule has 0 saturated carbocycles. The Bertz CT molecular complexity index is 823. The summed E-state index contributed by atoms with van der Waals surface area (Å²) in [6.07, 6.45) is 3.51. The van der Waals surface area contributed by atoms with Crippen LogP contribution in [0, 0.1) is 5.82 Å². The van der Waals surface area contributed by atoms with Gasteiger partial charge in [-0.3, -0.25) is 0 Å². The van der Waals surface area contributed by atoms with Crippen molar-refractivity contribution in [2.75, 3.05) is 7.11 Å². The van der Waals surface area contributed by atoms with E-state index in [1.165, 1.54) is 30.9 Å². The quantitative estimate of drug-likeness (QED) is 0.562. The number of halogens is 1. The normalized spacial score (nSPS) is 10.9. The van der Waals surface area contributed by atoms with Gasteiger partial charge < -0.3 is 4.74 Å². The van der Waals surface area contributed by atoms with Crippen LogP contribution in [0.25, 0.3) is 21.9 Å². The van der Waals surface area contributed by atoms with E-state index >= 15 is 0 Å². The van der Waals surface area contributed by atoms with Crippen molar-refractivity contribution < 1.29 is 9.13 Å². The lowest BCUT2D eigenvalue weighted by atomic mass is 9.96. The highest BCUT2D eigenvalue weighted by Crippen LogP contribution is 2.31. The first kappa shape index (κ1) is 15.5. The van der Waals surface area contributed by atoms with Crippen LogP contribution in [0.3, 0.4) is 0 Å². The zero-order valence-electron chi connectivity index (χ0n) is 13.6. The van der Waals surface area contributed by atoms with Crippen LogP contribution < -0.4 is 4.74 Å². The summed E-state index contributed by atoms with van der Waals surface area (Å²) in [5.41, 5.74) is 3.28. The summed E-state index contributed by atoms with van der Waals surface area (Å²) in [5.74, 6) is -0.0580. The molecule has 118 valence electrons. The van der Waals surface area contributed by atoms with Crippen molar-refractivity contribution >= 4 is 10.8 Å². The van der Waals surface area contributed by atoms with E-state index in [1.807, 2.05) is 18.2 Å². The fraction of sp³-hybridized carbons (Fsp3) is 0.238. The highest BCUT2D eigenvalue weighted by atomic mass is 19.1. The third-order valence-electron chi connectivity index (χ3n) is 4.23. The van der Waals surface area contributed by atoms with Gasteiger partial charge in [-0.15, -0.1) is 0 Å². The zero-order valence-corrected chi connectivity index (χ0v) is 13.6. The molecule has 23 heavy (non-hydrogen) atoms. The second kappa shape index (κ2) is 6.82. The van der Waals surface area contributed by atoms with Crippen molar-refractivity contribution in [1.29, 1.82) is 0 Å². The maximum Gasteiger partial charge on any atom is 0.165 e. The Morgan fingerprint density at radius 3 is 2.61 bits per heavy atom. The molecule has 2 heteroatoms. The van der Waals surface area contributed by atoms with Gasteiger partial charge in [0.15, 0.2) is 11.6 Å². The van der Waals surface area contributed by atoms with E-state index < -0.39 is 0 Å². The Hall–Kier alpha value is -2.35. The molecule has 0 N–H and O–H groups in total. The van der Waals surface area contributed by atoms with E-state index in [0.717, 1.165) is 22.9 Å². The van der Waals surface area contributed by atoms with Gasteiger partial charge in [0.05, 0.1) is 7.11 Å². The predicted octanol–water partition coefficient (Wildman–Crippen LogP) is 6.00. The number of benzene rings is 3. The van der Waals surface area contributed by atoms with E-state index in [2.05, 4.69) is 31.2 Å². The molecule has 3 aromatic rings. The lowest BCUT2D eigenvalue weighted by Gasteiger charge is -2.10. The number of fused-ring (bicyclic) bond motifs is 1. The SMILES string of the molecule is CCCCc1ccc2c(-c3ccc(OC)c(F)c3)cccc2c1. The number of rotatable bonds is 5. The van der Waals surface area contributed by atoms with Crippen LogP contribution in [0.4, 0.5) is 4.39 Å². The second-order valence-electron chi connectivity index (χ2n) is 5.81. The average molecular weight is 308 g/mol. The number of ether oxygens (including phenoxy) is 1. The molecule has 3 aromatic carbocycles. The van der Waals surface area contributed by atoms with Gasteiger partial charge in [0.1, 0.15) is 0 Å². The molecule has 0 bridgehead atoms. The molecule has 0 aliphatic carbocycles. The number of hydrogen-bond donors (Lipinski definition) is 0. The van der Waals surface area contributed by atoms with E-state index in [1.54, 1.807) is 12.1 Å². The predicted molar refractivity (Wildman–Crippen MR) is 94.5 cm³/mol. The fourth-order valence-electron chi connectivity index (χ4n) is 2.96. The molecule has 0 atom stereocenters. The summed E-state index contributed by atoms with van der Waals surface area (Å²) in [4.78, 5) is 0. The third-order valence-corrected chi connectivity index (χ3v) is 4.23. The van der Waals surface area contributed by atoms with Crippen molar-refractivity contribution in [3.8, 4) is 16.9 Å². The highest BCUT2D eigenvalue weighted by Gasteiger charge is 2.08. The number of aryl methyl sites for hydroxylation is 1. The van der Waals surface area contributed by atoms with Gasteiger partial charge in [0.25, 0.3) is 0 Å². The summed E-state index contributed by atoms with van der Waals surface area (Å²) >= 11 is 0. The molecule has 0 aliphatic rings. The zero-order chi connectivity index (χ0) is 16.2. The first-order valence-electron chi connectivity index (χ1n) is 8.08. The molecule has 0 radical (unpaired) electrons. The Labute approximate surface area is 136 Å². The fourth-order valence-corrected chi connectivity index (χ4v) is 2.96. The third kappa shape index (κ3) is 3.21. The van der Waals surface area contributed by atoms with Gasteiger partial charge in [-0.05, 0) is 52.4 Å². The van der Waals surface area contributed by atoms with Crippen LogP contribution in [0.15, 0.2) is 54.6 Å². The Balaban J connectivity index is 2.05. The standard InChI is InChI=1S/C21H21FO/c1-3-4-6-15-9-11-19-16(13-15)7-5-8-18(19)17-10-12-21(23-2)20(22)14-17/h5,7-14H,3-4,6H2,1-2H3. The first-order valence-corrected chi connectivity index (χ1v) is 8.08. The molecule has 0 aromatic heterocycles. The molecule has 0 fully saturated rings. The molecular formula is C21H21FO. The van der Waals surface area contributed by atoms with Crippen LogP contribution in [-0.4, -0.2) is 7.11 Å². The first-order chi connectivity index (χ1) is 11.2. The van der Waals surface area contributed by atoms with Gasteiger partial charge in [-0.25, -0.2) is 4.39 Å². The summed E-state index contributed by atoms with van der Waals surface area (Å²) in [5, 5.41) is 2.35. The molecular weight excluding hydrogens is 287 g/mol. The maximum absolute atomic E-state index is 14.0. The number of hydrogen-bond acceptors (Lipinski definition) is 1. The van der Waals surface area contributed by atoms with Crippen LogP contribution in [0.1, 0.15) is 25.3 Å². The molecule has 3 rings (SSSR count). The number of methoxy groups -OCH3 is 1. The van der Waals surface area contributed by atoms with Gasteiger partial charge in [-0.1, -0.05) is 55.8 Å². The summed E-state index contributed by atoms with van der Waals surface area (Å²) < 4.78 is 19.0. The minimum absolute atomic E-state index is 0.274. The van der Waals surface area contributed by atoms with Gasteiger partial charge in [0.2, 0.25) is 0 Å². The van der Waals surface area contributed by atoms with E-state index in [9.17, 15) is 4.39 Å². The molecule has 0 spiro atoms. The van der Waals surface area contributed by atoms with Crippen molar-refractivity contribution in [3.05, 3.63) is 66.0 Å². The van der Waals surface area contributed by atoms with Gasteiger partial charge in [0, 0.05) is 0 Å². The molecule has 0 unspecified atom stereocenters. The van der Waals surface area contributed by atoms with E-state index in [-0.39, 0.29) is 11.6 Å². The lowest BCUT2D eigenvalue weighted by Crippen LogP contribution is -1.90. The smallest absolute Gasteiger partial charge is 0.165 e. The summed E-state index contributed by atoms with van der Waals surface area (Å²) in [6.45, 7) is 2.21. The van der Waals surface area contributed by atoms with Gasteiger partial charge in [-0.2, -0.15) is 0 Å². The van der Waals surface area contributed by atoms with Crippen molar-refractivity contribution in [2.45, 2.75) is 26.2 Å². The molecule has 0 heterocycles. The monoisotopic (exact) mass is 308 g/mol. The Morgan fingerprint density at radius 2 is 1.87 bits per heavy atom. The molecule has 0 amide bonds. The molecule has 0 aliphatic heterocycles. The van der Waals surface area contributed by atoms with Crippen LogP contribution in [0.5, 0.6) is 5.75 Å². The lowest BCUT2D eigenvalue weighted by molar-refractivity contribution is 0.386. The van der Waals surface area contributed by atoms with Crippen LogP contribution in [0.2, 0.25) is 0 Å². The minimum atomic E-state index is -0.332. The molecule has 1 nitrogen and oxygen atoms in total. The van der Waals surface area contributed by atoms with Gasteiger partial charge >= 0.3 is 0 Å². The van der Waals surface area contributed by atoms with Crippen molar-refractivity contribution in [1.82, 2.24) is 0 Å². The van der Waals surface area contributed by atoms with Crippen molar-refractivity contribution in [3.63, 3.8) is 0 Å². The highest BCUT2D eigenvalue weighted by molar-refractivity contribution is 5.97.